The van der Waals surface area contributed by atoms with Gasteiger partial charge in [-0.1, -0.05) is 25.5 Å². The van der Waals surface area contributed by atoms with E-state index in [0.29, 0.717) is 0 Å². The van der Waals surface area contributed by atoms with Crippen LogP contribution in [0.2, 0.25) is 0 Å². The monoisotopic (exact) mass is 217 g/mol. The fourth-order valence-electron chi connectivity index (χ4n) is 1.23. The maximum absolute atomic E-state index is 11.9. The molecule has 0 atom stereocenters. The second-order valence-electron chi connectivity index (χ2n) is 3.42. The number of hydrogen-bond donors (Lipinski definition) is 0. The molecular formula is C10H13BF3O-. The Labute approximate surface area is 87.3 Å². The van der Waals surface area contributed by atoms with Gasteiger partial charge in [0.1, 0.15) is 5.75 Å². The standard InChI is InChI=1S/C10H13BF3O/c1-2-3-9-4-6-10(7-5-9)15-8-11(12,13)14/h4-7H,2-3,8H2,1H3/q-1. The Kier molecular flexibility index (Phi) is 4.06. The highest BCUT2D eigenvalue weighted by molar-refractivity contribution is 6.58. The molecule has 1 nitrogen and oxygen atoms in total. The van der Waals surface area contributed by atoms with E-state index in [0.717, 1.165) is 18.4 Å². The van der Waals surface area contributed by atoms with Gasteiger partial charge in [0.15, 0.2) is 0 Å². The van der Waals surface area contributed by atoms with Gasteiger partial charge < -0.3 is 17.7 Å². The number of hydrogen-bond acceptors (Lipinski definition) is 1. The zero-order valence-electron chi connectivity index (χ0n) is 8.55. The van der Waals surface area contributed by atoms with E-state index in [1.54, 1.807) is 24.3 Å². The van der Waals surface area contributed by atoms with Crippen LogP contribution in [0.5, 0.6) is 5.75 Å². The van der Waals surface area contributed by atoms with Crippen LogP contribution in [0.3, 0.4) is 0 Å². The van der Waals surface area contributed by atoms with E-state index in [9.17, 15) is 12.9 Å². The quantitative estimate of drug-likeness (QED) is 0.686. The zero-order chi connectivity index (χ0) is 11.3. The second-order valence-corrected chi connectivity index (χ2v) is 3.42. The molecule has 0 amide bonds. The van der Waals surface area contributed by atoms with E-state index in [2.05, 4.69) is 11.7 Å². The Balaban J connectivity index is 2.50. The van der Waals surface area contributed by atoms with Gasteiger partial charge in [0.25, 0.3) is 0 Å². The maximum Gasteiger partial charge on any atom is 0.515 e. The van der Waals surface area contributed by atoms with Crippen LogP contribution < -0.4 is 4.74 Å². The van der Waals surface area contributed by atoms with Gasteiger partial charge in [-0.05, 0) is 24.1 Å². The lowest BCUT2D eigenvalue weighted by Gasteiger charge is -2.15. The molecule has 0 N–H and O–H groups in total. The Morgan fingerprint density at radius 2 is 1.73 bits per heavy atom. The van der Waals surface area contributed by atoms with Crippen LogP contribution in [-0.4, -0.2) is 13.5 Å². The maximum atomic E-state index is 11.9. The molecule has 0 aliphatic carbocycles. The van der Waals surface area contributed by atoms with Crippen LogP contribution in [0.1, 0.15) is 18.9 Å². The smallest absolute Gasteiger partial charge is 0.515 e. The Bertz CT molecular complexity index is 295. The van der Waals surface area contributed by atoms with Crippen molar-refractivity contribution < 1.29 is 17.7 Å². The highest BCUT2D eigenvalue weighted by Gasteiger charge is 2.23. The lowest BCUT2D eigenvalue weighted by atomic mass is 9.95. The summed E-state index contributed by atoms with van der Waals surface area (Å²) in [5.74, 6) is 0.272. The molecule has 0 spiro atoms. The van der Waals surface area contributed by atoms with Crippen LogP contribution in [0.4, 0.5) is 12.9 Å². The molecule has 0 unspecified atom stereocenters. The molecule has 15 heavy (non-hydrogen) atoms. The third-order valence-electron chi connectivity index (χ3n) is 1.90. The van der Waals surface area contributed by atoms with Crippen molar-refractivity contribution in [3.05, 3.63) is 29.8 Å². The predicted molar refractivity (Wildman–Crippen MR) is 55.0 cm³/mol. The number of rotatable bonds is 5. The second kappa shape index (κ2) is 5.10. The first-order valence-electron chi connectivity index (χ1n) is 4.94. The normalized spacial score (nSPS) is 11.5. The van der Waals surface area contributed by atoms with Gasteiger partial charge in [-0.2, -0.15) is 0 Å². The van der Waals surface area contributed by atoms with Crippen LogP contribution in [0.15, 0.2) is 24.3 Å². The number of aryl methyl sites for hydroxylation is 1. The summed E-state index contributed by atoms with van der Waals surface area (Å²) >= 11 is 0. The van der Waals surface area contributed by atoms with E-state index in [1.165, 1.54) is 0 Å². The van der Waals surface area contributed by atoms with Crippen LogP contribution in [-0.2, 0) is 6.42 Å². The zero-order valence-corrected chi connectivity index (χ0v) is 8.55. The van der Waals surface area contributed by atoms with Crippen molar-refractivity contribution in [3.63, 3.8) is 0 Å². The molecule has 0 aromatic heterocycles. The van der Waals surface area contributed by atoms with Gasteiger partial charge in [0.05, 0.1) is 6.51 Å². The fraction of sp³-hybridized carbons (Fsp3) is 0.400. The average Bonchev–Trinajstić information content (AvgIpc) is 2.16. The molecule has 1 aromatic carbocycles. The van der Waals surface area contributed by atoms with Crippen molar-refractivity contribution in [3.8, 4) is 5.75 Å². The van der Waals surface area contributed by atoms with Crippen molar-refractivity contribution in [1.82, 2.24) is 0 Å². The average molecular weight is 217 g/mol. The summed E-state index contributed by atoms with van der Waals surface area (Å²) in [5, 5.41) is 0. The molecule has 0 aliphatic rings. The van der Waals surface area contributed by atoms with Gasteiger partial charge in [-0.15, -0.1) is 0 Å². The van der Waals surface area contributed by atoms with Gasteiger partial charge in [-0.25, -0.2) is 0 Å². The van der Waals surface area contributed by atoms with Gasteiger partial charge in [-0.3, -0.25) is 0 Å². The van der Waals surface area contributed by atoms with Crippen molar-refractivity contribution in [2.45, 2.75) is 19.8 Å². The summed E-state index contributed by atoms with van der Waals surface area (Å²) in [7, 11) is 0. The van der Waals surface area contributed by atoms with Crippen LogP contribution in [0.25, 0.3) is 0 Å². The van der Waals surface area contributed by atoms with Gasteiger partial charge >= 0.3 is 6.98 Å². The minimum atomic E-state index is -4.87. The Hall–Kier alpha value is -1.13. The van der Waals surface area contributed by atoms with Crippen molar-refractivity contribution >= 4 is 6.98 Å². The molecular weight excluding hydrogens is 204 g/mol. The first-order valence-corrected chi connectivity index (χ1v) is 4.94. The summed E-state index contributed by atoms with van der Waals surface area (Å²) < 4.78 is 40.2. The SMILES string of the molecule is CCCc1ccc(OC[B-](F)(F)F)cc1. The molecule has 84 valence electrons. The minimum absolute atomic E-state index is 0.272. The fourth-order valence-corrected chi connectivity index (χ4v) is 1.23. The van der Waals surface area contributed by atoms with E-state index >= 15 is 0 Å². The van der Waals surface area contributed by atoms with E-state index in [1.807, 2.05) is 0 Å². The molecule has 1 rings (SSSR count). The molecule has 0 radical (unpaired) electrons. The van der Waals surface area contributed by atoms with E-state index in [4.69, 9.17) is 0 Å². The molecule has 0 bridgehead atoms. The first kappa shape index (κ1) is 11.9. The van der Waals surface area contributed by atoms with Gasteiger partial charge in [0.2, 0.25) is 0 Å². The topological polar surface area (TPSA) is 9.23 Å². The molecule has 0 heterocycles. The summed E-state index contributed by atoms with van der Waals surface area (Å²) in [6.45, 7) is -3.99. The van der Waals surface area contributed by atoms with Crippen LogP contribution in [0, 0.1) is 0 Å². The lowest BCUT2D eigenvalue weighted by molar-refractivity contribution is 0.313. The molecule has 0 saturated carbocycles. The third kappa shape index (κ3) is 4.77. The minimum Gasteiger partial charge on any atom is -0.522 e. The van der Waals surface area contributed by atoms with E-state index in [-0.39, 0.29) is 5.75 Å². The van der Waals surface area contributed by atoms with Crippen LogP contribution >= 0.6 is 0 Å². The molecule has 0 saturated heterocycles. The largest absolute Gasteiger partial charge is 0.522 e. The van der Waals surface area contributed by atoms with Crippen molar-refractivity contribution in [2.24, 2.45) is 0 Å². The Morgan fingerprint density at radius 3 is 2.20 bits per heavy atom. The Morgan fingerprint density at radius 1 is 1.13 bits per heavy atom. The molecule has 0 fully saturated rings. The highest BCUT2D eigenvalue weighted by atomic mass is 19.4. The summed E-state index contributed by atoms with van der Waals surface area (Å²) in [6, 6.07) is 6.74. The number of halogens is 3. The number of ether oxygens (including phenoxy) is 1. The summed E-state index contributed by atoms with van der Waals surface area (Å²) in [4.78, 5) is 0. The van der Waals surface area contributed by atoms with Crippen molar-refractivity contribution in [2.75, 3.05) is 6.51 Å². The highest BCUT2D eigenvalue weighted by Crippen LogP contribution is 2.16. The first-order chi connectivity index (χ1) is 7.01. The summed E-state index contributed by atoms with van der Waals surface area (Å²) in [5.41, 5.74) is 1.11. The van der Waals surface area contributed by atoms with E-state index < -0.39 is 13.5 Å². The number of benzene rings is 1. The molecule has 5 heteroatoms. The summed E-state index contributed by atoms with van der Waals surface area (Å²) in [6.07, 6.45) is 1.95. The van der Waals surface area contributed by atoms with Crippen molar-refractivity contribution in [1.29, 1.82) is 0 Å². The van der Waals surface area contributed by atoms with Gasteiger partial charge in [0, 0.05) is 0 Å². The third-order valence-corrected chi connectivity index (χ3v) is 1.90. The molecule has 0 aliphatic heterocycles. The predicted octanol–water partition coefficient (Wildman–Crippen LogP) is 3.40. The lowest BCUT2D eigenvalue weighted by Crippen LogP contribution is -2.26. The molecule has 1 aromatic rings.